The Morgan fingerprint density at radius 1 is 1.21 bits per heavy atom. The number of carbonyl (C=O) groups excluding carboxylic acids is 2. The van der Waals surface area contributed by atoms with Crippen molar-refractivity contribution < 1.29 is 9.59 Å². The van der Waals surface area contributed by atoms with Crippen molar-refractivity contribution in [1.29, 1.82) is 0 Å². The molecule has 2 aliphatic heterocycles. The Morgan fingerprint density at radius 3 is 2.83 bits per heavy atom. The van der Waals surface area contributed by atoms with Gasteiger partial charge in [0.1, 0.15) is 0 Å². The summed E-state index contributed by atoms with van der Waals surface area (Å²) in [6, 6.07) is 8.01. The molecule has 24 heavy (non-hydrogen) atoms. The average Bonchev–Trinajstić information content (AvgIpc) is 3.00. The number of carbonyl (C=O) groups is 2. The van der Waals surface area contributed by atoms with Gasteiger partial charge in [-0.15, -0.1) is 0 Å². The van der Waals surface area contributed by atoms with Gasteiger partial charge in [0.15, 0.2) is 0 Å². The van der Waals surface area contributed by atoms with Crippen molar-refractivity contribution in [2.75, 3.05) is 19.6 Å². The monoisotopic (exact) mass is 329 g/mol. The van der Waals surface area contributed by atoms with Gasteiger partial charge in [0.2, 0.25) is 5.91 Å². The van der Waals surface area contributed by atoms with E-state index in [4.69, 9.17) is 5.73 Å². The highest BCUT2D eigenvalue weighted by Gasteiger charge is 2.27. The minimum atomic E-state index is 0.0998. The molecule has 1 unspecified atom stereocenters. The number of hydrogen-bond acceptors (Lipinski definition) is 3. The first kappa shape index (κ1) is 17.0. The number of nitrogens with two attached hydrogens (primary N) is 1. The van der Waals surface area contributed by atoms with E-state index in [-0.39, 0.29) is 17.9 Å². The van der Waals surface area contributed by atoms with Gasteiger partial charge in [-0.25, -0.2) is 0 Å². The van der Waals surface area contributed by atoms with Gasteiger partial charge < -0.3 is 15.5 Å². The Labute approximate surface area is 143 Å². The lowest BCUT2D eigenvalue weighted by Crippen LogP contribution is -2.44. The summed E-state index contributed by atoms with van der Waals surface area (Å²) in [4.78, 5) is 28.6. The van der Waals surface area contributed by atoms with Crippen LogP contribution in [0, 0.1) is 0 Å². The van der Waals surface area contributed by atoms with Crippen LogP contribution >= 0.6 is 0 Å². The summed E-state index contributed by atoms with van der Waals surface area (Å²) in [5.41, 5.74) is 7.47. The van der Waals surface area contributed by atoms with Crippen LogP contribution in [-0.2, 0) is 11.3 Å². The first-order valence-corrected chi connectivity index (χ1v) is 9.07. The standard InChI is InChI=1S/C19H27N3O2/c20-10-9-17-7-1-2-12-22(17)19(24)16-6-3-5-15(13-16)14-21-11-4-8-18(21)23/h3,5-6,13,17H,1-2,4,7-12,14,20H2. The normalized spacial score (nSPS) is 21.4. The van der Waals surface area contributed by atoms with Gasteiger partial charge in [-0.2, -0.15) is 0 Å². The summed E-state index contributed by atoms with van der Waals surface area (Å²) in [7, 11) is 0. The molecule has 0 radical (unpaired) electrons. The highest BCUT2D eigenvalue weighted by molar-refractivity contribution is 5.94. The summed E-state index contributed by atoms with van der Waals surface area (Å²) in [6.45, 7) is 2.86. The smallest absolute Gasteiger partial charge is 0.254 e. The molecule has 0 saturated carbocycles. The van der Waals surface area contributed by atoms with Crippen LogP contribution in [0.1, 0.15) is 54.4 Å². The fourth-order valence-corrected chi connectivity index (χ4v) is 3.82. The Bertz CT molecular complexity index is 600. The predicted octanol–water partition coefficient (Wildman–Crippen LogP) is 2.15. The van der Waals surface area contributed by atoms with E-state index in [9.17, 15) is 9.59 Å². The molecule has 0 spiro atoms. The molecule has 0 bridgehead atoms. The Balaban J connectivity index is 1.72. The Hall–Kier alpha value is -1.88. The van der Waals surface area contributed by atoms with E-state index in [1.807, 2.05) is 34.1 Å². The molecule has 0 aliphatic carbocycles. The van der Waals surface area contributed by atoms with Crippen molar-refractivity contribution >= 4 is 11.8 Å². The number of benzene rings is 1. The van der Waals surface area contributed by atoms with Crippen LogP contribution in [0.25, 0.3) is 0 Å². The summed E-state index contributed by atoms with van der Waals surface area (Å²) in [5, 5.41) is 0. The number of nitrogens with zero attached hydrogens (tertiary/aromatic N) is 2. The third kappa shape index (κ3) is 3.78. The molecule has 2 fully saturated rings. The third-order valence-corrected chi connectivity index (χ3v) is 5.11. The van der Waals surface area contributed by atoms with Crippen LogP contribution in [0.15, 0.2) is 24.3 Å². The van der Waals surface area contributed by atoms with Gasteiger partial charge in [0, 0.05) is 37.7 Å². The van der Waals surface area contributed by atoms with Crippen molar-refractivity contribution in [3.63, 3.8) is 0 Å². The molecule has 1 aromatic carbocycles. The topological polar surface area (TPSA) is 66.6 Å². The van der Waals surface area contributed by atoms with Crippen LogP contribution < -0.4 is 5.73 Å². The first-order valence-electron chi connectivity index (χ1n) is 9.07. The molecule has 1 aromatic rings. The molecule has 0 aromatic heterocycles. The first-order chi connectivity index (χ1) is 11.7. The number of hydrogen-bond donors (Lipinski definition) is 1. The fraction of sp³-hybridized carbons (Fsp3) is 0.579. The van der Waals surface area contributed by atoms with Gasteiger partial charge in [-0.3, -0.25) is 9.59 Å². The lowest BCUT2D eigenvalue weighted by atomic mass is 9.98. The second-order valence-electron chi connectivity index (χ2n) is 6.84. The quantitative estimate of drug-likeness (QED) is 0.900. The highest BCUT2D eigenvalue weighted by Crippen LogP contribution is 2.22. The van der Waals surface area contributed by atoms with E-state index in [0.29, 0.717) is 19.5 Å². The summed E-state index contributed by atoms with van der Waals surface area (Å²) in [5.74, 6) is 0.313. The zero-order valence-corrected chi connectivity index (χ0v) is 14.2. The minimum absolute atomic E-state index is 0.0998. The maximum absolute atomic E-state index is 12.9. The van der Waals surface area contributed by atoms with E-state index in [1.165, 1.54) is 6.42 Å². The molecule has 1 atom stereocenters. The molecule has 130 valence electrons. The number of likely N-dealkylation sites (tertiary alicyclic amines) is 2. The molecule has 5 heteroatoms. The van der Waals surface area contributed by atoms with Gasteiger partial charge in [0.25, 0.3) is 5.91 Å². The molecular weight excluding hydrogens is 302 g/mol. The molecule has 2 saturated heterocycles. The SMILES string of the molecule is NCCC1CCCCN1C(=O)c1cccc(CN2CCCC2=O)c1. The molecule has 2 heterocycles. The van der Waals surface area contributed by atoms with Crippen LogP contribution in [0.2, 0.25) is 0 Å². The summed E-state index contributed by atoms with van der Waals surface area (Å²) < 4.78 is 0. The Kier molecular flexibility index (Phi) is 5.51. The molecular formula is C19H27N3O2. The van der Waals surface area contributed by atoms with E-state index in [2.05, 4.69) is 0 Å². The minimum Gasteiger partial charge on any atom is -0.338 e. The second kappa shape index (κ2) is 7.79. The maximum atomic E-state index is 12.9. The van der Waals surface area contributed by atoms with Crippen LogP contribution in [0.3, 0.4) is 0 Å². The predicted molar refractivity (Wildman–Crippen MR) is 93.4 cm³/mol. The second-order valence-corrected chi connectivity index (χ2v) is 6.84. The lowest BCUT2D eigenvalue weighted by molar-refractivity contribution is -0.128. The molecule has 2 amide bonds. The van der Waals surface area contributed by atoms with E-state index >= 15 is 0 Å². The van der Waals surface area contributed by atoms with Crippen molar-refractivity contribution in [2.24, 2.45) is 5.73 Å². The molecule has 5 nitrogen and oxygen atoms in total. The number of amides is 2. The van der Waals surface area contributed by atoms with Crippen molar-refractivity contribution in [2.45, 2.75) is 51.1 Å². The third-order valence-electron chi connectivity index (χ3n) is 5.11. The van der Waals surface area contributed by atoms with Crippen LogP contribution in [0.5, 0.6) is 0 Å². The maximum Gasteiger partial charge on any atom is 0.254 e. The van der Waals surface area contributed by atoms with Crippen LogP contribution in [0.4, 0.5) is 0 Å². The fourth-order valence-electron chi connectivity index (χ4n) is 3.82. The molecule has 3 rings (SSSR count). The number of rotatable bonds is 5. The van der Waals surface area contributed by atoms with E-state index in [0.717, 1.165) is 49.9 Å². The molecule has 2 aliphatic rings. The van der Waals surface area contributed by atoms with Crippen molar-refractivity contribution in [3.05, 3.63) is 35.4 Å². The summed E-state index contributed by atoms with van der Waals surface area (Å²) >= 11 is 0. The average molecular weight is 329 g/mol. The lowest BCUT2D eigenvalue weighted by Gasteiger charge is -2.36. The van der Waals surface area contributed by atoms with E-state index in [1.54, 1.807) is 0 Å². The zero-order valence-electron chi connectivity index (χ0n) is 14.2. The van der Waals surface area contributed by atoms with Gasteiger partial charge in [-0.05, 0) is 56.3 Å². The zero-order chi connectivity index (χ0) is 16.9. The van der Waals surface area contributed by atoms with E-state index < -0.39 is 0 Å². The van der Waals surface area contributed by atoms with Gasteiger partial charge >= 0.3 is 0 Å². The number of piperidine rings is 1. The largest absolute Gasteiger partial charge is 0.338 e. The van der Waals surface area contributed by atoms with Crippen molar-refractivity contribution in [1.82, 2.24) is 9.80 Å². The van der Waals surface area contributed by atoms with Gasteiger partial charge in [-0.1, -0.05) is 12.1 Å². The highest BCUT2D eigenvalue weighted by atomic mass is 16.2. The summed E-state index contributed by atoms with van der Waals surface area (Å²) in [6.07, 6.45) is 5.73. The molecule has 2 N–H and O–H groups in total. The van der Waals surface area contributed by atoms with Gasteiger partial charge in [0.05, 0.1) is 0 Å². The van der Waals surface area contributed by atoms with Crippen LogP contribution in [-0.4, -0.2) is 47.3 Å². The van der Waals surface area contributed by atoms with Crippen molar-refractivity contribution in [3.8, 4) is 0 Å². The Morgan fingerprint density at radius 2 is 2.08 bits per heavy atom.